The average Bonchev–Trinajstić information content (AvgIpc) is 2.97. The molecule has 0 aliphatic heterocycles. The van der Waals surface area contributed by atoms with E-state index >= 15 is 0 Å². The van der Waals surface area contributed by atoms with E-state index < -0.39 is 0 Å². The van der Waals surface area contributed by atoms with E-state index in [2.05, 4.69) is 31.1 Å². The predicted molar refractivity (Wildman–Crippen MR) is 78.6 cm³/mol. The molecular formula is C14H11BrN4O. The van der Waals surface area contributed by atoms with Crippen LogP contribution in [0.2, 0.25) is 0 Å². The van der Waals surface area contributed by atoms with Crippen molar-refractivity contribution in [2.45, 2.75) is 6.54 Å². The molecule has 3 rings (SSSR count). The summed E-state index contributed by atoms with van der Waals surface area (Å²) in [5, 5.41) is 3.97. The van der Waals surface area contributed by atoms with Gasteiger partial charge in [0.2, 0.25) is 5.82 Å². The van der Waals surface area contributed by atoms with E-state index in [1.807, 2.05) is 36.4 Å². The molecule has 20 heavy (non-hydrogen) atoms. The van der Waals surface area contributed by atoms with E-state index in [0.717, 1.165) is 15.6 Å². The van der Waals surface area contributed by atoms with Gasteiger partial charge < -0.3 is 10.3 Å². The lowest BCUT2D eigenvalue weighted by molar-refractivity contribution is 0.431. The lowest BCUT2D eigenvalue weighted by Crippen LogP contribution is -1.96. The lowest BCUT2D eigenvalue weighted by Gasteiger charge is -1.96. The summed E-state index contributed by atoms with van der Waals surface area (Å²) in [6.45, 7) is 0.459. The number of pyridine rings is 1. The number of benzene rings is 1. The van der Waals surface area contributed by atoms with Gasteiger partial charge in [-0.05, 0) is 23.8 Å². The van der Waals surface area contributed by atoms with Crippen LogP contribution in [0.3, 0.4) is 0 Å². The first-order valence-electron chi connectivity index (χ1n) is 6.01. The molecule has 0 fully saturated rings. The minimum atomic E-state index is 0.392. The maximum atomic E-state index is 5.54. The Labute approximate surface area is 124 Å². The number of aromatic nitrogens is 3. The molecular weight excluding hydrogens is 320 g/mol. The summed E-state index contributed by atoms with van der Waals surface area (Å²) < 4.78 is 6.21. The Morgan fingerprint density at radius 2 is 2.10 bits per heavy atom. The maximum Gasteiger partial charge on any atom is 0.276 e. The van der Waals surface area contributed by atoms with E-state index in [-0.39, 0.29) is 0 Å². The highest BCUT2D eigenvalue weighted by molar-refractivity contribution is 9.10. The minimum absolute atomic E-state index is 0.392. The zero-order valence-electron chi connectivity index (χ0n) is 10.5. The second-order valence-electron chi connectivity index (χ2n) is 4.19. The standard InChI is InChI=1S/C14H11BrN4O/c15-11-3-1-2-10(6-11)13-18-14(20-19-13)12-5-4-9(7-16)8-17-12/h1-6,8H,7,16H2. The van der Waals surface area contributed by atoms with Gasteiger partial charge in [0.05, 0.1) is 0 Å². The molecule has 2 heterocycles. The molecule has 2 aromatic heterocycles. The van der Waals surface area contributed by atoms with Crippen LogP contribution in [0.4, 0.5) is 0 Å². The van der Waals surface area contributed by atoms with Gasteiger partial charge in [0.1, 0.15) is 5.69 Å². The molecule has 5 nitrogen and oxygen atoms in total. The summed E-state index contributed by atoms with van der Waals surface area (Å²) in [4.78, 5) is 8.61. The third kappa shape index (κ3) is 2.61. The van der Waals surface area contributed by atoms with Crippen LogP contribution >= 0.6 is 15.9 Å². The summed E-state index contributed by atoms with van der Waals surface area (Å²) in [5.41, 5.74) is 8.01. The fourth-order valence-corrected chi connectivity index (χ4v) is 2.14. The molecule has 0 amide bonds. The van der Waals surface area contributed by atoms with Gasteiger partial charge in [-0.25, -0.2) is 0 Å². The first-order chi connectivity index (χ1) is 9.76. The zero-order valence-corrected chi connectivity index (χ0v) is 12.0. The van der Waals surface area contributed by atoms with E-state index in [0.29, 0.717) is 24.0 Å². The molecule has 0 bridgehead atoms. The molecule has 0 saturated carbocycles. The SMILES string of the molecule is NCc1ccc(-c2nc(-c3cccc(Br)c3)no2)nc1. The molecule has 0 saturated heterocycles. The molecule has 0 aliphatic rings. The molecule has 0 atom stereocenters. The Morgan fingerprint density at radius 3 is 2.80 bits per heavy atom. The lowest BCUT2D eigenvalue weighted by atomic mass is 10.2. The number of rotatable bonds is 3. The van der Waals surface area contributed by atoms with Crippen LogP contribution in [0.1, 0.15) is 5.56 Å². The Morgan fingerprint density at radius 1 is 1.20 bits per heavy atom. The minimum Gasteiger partial charge on any atom is -0.332 e. The Hall–Kier alpha value is -2.05. The van der Waals surface area contributed by atoms with Crippen molar-refractivity contribution in [3.63, 3.8) is 0 Å². The summed E-state index contributed by atoms with van der Waals surface area (Å²) >= 11 is 3.42. The average molecular weight is 331 g/mol. The van der Waals surface area contributed by atoms with Crippen molar-refractivity contribution >= 4 is 15.9 Å². The Bertz CT molecular complexity index is 724. The normalized spacial score (nSPS) is 10.7. The van der Waals surface area contributed by atoms with Crippen molar-refractivity contribution in [1.29, 1.82) is 0 Å². The topological polar surface area (TPSA) is 77.8 Å². The van der Waals surface area contributed by atoms with Crippen LogP contribution < -0.4 is 5.73 Å². The maximum absolute atomic E-state index is 5.54. The first-order valence-corrected chi connectivity index (χ1v) is 6.80. The van der Waals surface area contributed by atoms with Crippen molar-refractivity contribution in [3.8, 4) is 23.0 Å². The van der Waals surface area contributed by atoms with Crippen LogP contribution in [0.15, 0.2) is 51.6 Å². The highest BCUT2D eigenvalue weighted by Crippen LogP contribution is 2.23. The van der Waals surface area contributed by atoms with Crippen molar-refractivity contribution in [1.82, 2.24) is 15.1 Å². The zero-order chi connectivity index (χ0) is 13.9. The summed E-state index contributed by atoms with van der Waals surface area (Å²) in [7, 11) is 0. The molecule has 0 radical (unpaired) electrons. The van der Waals surface area contributed by atoms with E-state index in [9.17, 15) is 0 Å². The van der Waals surface area contributed by atoms with Crippen molar-refractivity contribution in [3.05, 3.63) is 52.6 Å². The number of nitrogens with zero attached hydrogens (tertiary/aromatic N) is 3. The van der Waals surface area contributed by atoms with Crippen molar-refractivity contribution in [2.24, 2.45) is 5.73 Å². The number of hydrogen-bond acceptors (Lipinski definition) is 5. The van der Waals surface area contributed by atoms with Gasteiger partial charge in [-0.1, -0.05) is 39.3 Å². The number of nitrogens with two attached hydrogens (primary N) is 1. The van der Waals surface area contributed by atoms with Gasteiger partial charge in [-0.15, -0.1) is 0 Å². The molecule has 2 N–H and O–H groups in total. The van der Waals surface area contributed by atoms with Gasteiger partial charge >= 0.3 is 0 Å². The Balaban J connectivity index is 1.93. The van der Waals surface area contributed by atoms with Crippen molar-refractivity contribution in [2.75, 3.05) is 0 Å². The van der Waals surface area contributed by atoms with E-state index in [1.54, 1.807) is 6.20 Å². The number of hydrogen-bond donors (Lipinski definition) is 1. The fourth-order valence-electron chi connectivity index (χ4n) is 1.74. The van der Waals surface area contributed by atoms with Crippen LogP contribution in [0, 0.1) is 0 Å². The molecule has 0 aliphatic carbocycles. The van der Waals surface area contributed by atoms with E-state index in [4.69, 9.17) is 10.3 Å². The third-order valence-electron chi connectivity index (χ3n) is 2.79. The smallest absolute Gasteiger partial charge is 0.276 e. The molecule has 100 valence electrons. The highest BCUT2D eigenvalue weighted by Gasteiger charge is 2.11. The van der Waals surface area contributed by atoms with Gasteiger partial charge in [-0.2, -0.15) is 4.98 Å². The monoisotopic (exact) mass is 330 g/mol. The second-order valence-corrected chi connectivity index (χ2v) is 5.10. The number of halogens is 1. The van der Waals surface area contributed by atoms with Crippen LogP contribution in [0.5, 0.6) is 0 Å². The molecule has 1 aromatic carbocycles. The van der Waals surface area contributed by atoms with Crippen LogP contribution in [-0.2, 0) is 6.54 Å². The van der Waals surface area contributed by atoms with E-state index in [1.165, 1.54) is 0 Å². The summed E-state index contributed by atoms with van der Waals surface area (Å²) in [6, 6.07) is 11.4. The van der Waals surface area contributed by atoms with Crippen LogP contribution in [-0.4, -0.2) is 15.1 Å². The summed E-state index contributed by atoms with van der Waals surface area (Å²) in [6.07, 6.45) is 1.71. The second kappa shape index (κ2) is 5.52. The summed E-state index contributed by atoms with van der Waals surface area (Å²) in [5.74, 6) is 0.926. The molecule has 0 spiro atoms. The van der Waals surface area contributed by atoms with Crippen LogP contribution in [0.25, 0.3) is 23.0 Å². The first kappa shape index (κ1) is 13.0. The van der Waals surface area contributed by atoms with Gasteiger partial charge in [0.25, 0.3) is 5.89 Å². The Kier molecular flexibility index (Phi) is 3.58. The highest BCUT2D eigenvalue weighted by atomic mass is 79.9. The largest absolute Gasteiger partial charge is 0.332 e. The van der Waals surface area contributed by atoms with Gasteiger partial charge in [0, 0.05) is 22.8 Å². The fraction of sp³-hybridized carbons (Fsp3) is 0.0714. The quantitative estimate of drug-likeness (QED) is 0.798. The predicted octanol–water partition coefficient (Wildman–Crippen LogP) is 3.02. The van der Waals surface area contributed by atoms with Gasteiger partial charge in [0.15, 0.2) is 0 Å². The third-order valence-corrected chi connectivity index (χ3v) is 3.28. The van der Waals surface area contributed by atoms with Gasteiger partial charge in [-0.3, -0.25) is 4.98 Å². The molecule has 3 aromatic rings. The molecule has 6 heteroatoms. The van der Waals surface area contributed by atoms with Crippen molar-refractivity contribution < 1.29 is 4.52 Å². The molecule has 0 unspecified atom stereocenters.